The van der Waals surface area contributed by atoms with Gasteiger partial charge in [-0.15, -0.1) is 11.3 Å². The van der Waals surface area contributed by atoms with Crippen LogP contribution in [0.25, 0.3) is 0 Å². The van der Waals surface area contributed by atoms with E-state index in [0.717, 1.165) is 38.2 Å². The summed E-state index contributed by atoms with van der Waals surface area (Å²) in [5, 5.41) is 5.16. The highest BCUT2D eigenvalue weighted by atomic mass is 32.1. The van der Waals surface area contributed by atoms with Gasteiger partial charge in [-0.3, -0.25) is 9.69 Å². The zero-order chi connectivity index (χ0) is 16.8. The number of piperidine rings is 1. The van der Waals surface area contributed by atoms with Crippen molar-refractivity contribution in [1.82, 2.24) is 10.2 Å². The summed E-state index contributed by atoms with van der Waals surface area (Å²) in [5.74, 6) is 0.250. The van der Waals surface area contributed by atoms with Crippen LogP contribution in [0.3, 0.4) is 0 Å². The second kappa shape index (κ2) is 8.40. The SMILES string of the molecule is O=C(Cc1ccc(F)cc1)NC[C@@H]1CCCN(Cc2cccs2)C1. The molecule has 1 aliphatic heterocycles. The number of nitrogens with zero attached hydrogens (tertiary/aromatic N) is 1. The number of carbonyl (C=O) groups excluding carboxylic acids is 1. The predicted octanol–water partition coefficient (Wildman–Crippen LogP) is 3.46. The molecule has 0 radical (unpaired) electrons. The third kappa shape index (κ3) is 5.14. The summed E-state index contributed by atoms with van der Waals surface area (Å²) in [4.78, 5) is 15.9. The molecular weight excluding hydrogens is 323 g/mol. The van der Waals surface area contributed by atoms with Crippen molar-refractivity contribution in [3.8, 4) is 0 Å². The number of rotatable bonds is 6. The summed E-state index contributed by atoms with van der Waals surface area (Å²) in [7, 11) is 0. The minimum Gasteiger partial charge on any atom is -0.355 e. The first kappa shape index (κ1) is 17.1. The van der Waals surface area contributed by atoms with E-state index in [-0.39, 0.29) is 11.7 Å². The number of nitrogens with one attached hydrogen (secondary N) is 1. The van der Waals surface area contributed by atoms with E-state index >= 15 is 0 Å². The highest BCUT2D eigenvalue weighted by Crippen LogP contribution is 2.20. The molecule has 1 aromatic carbocycles. The second-order valence-corrected chi connectivity index (χ2v) is 7.46. The van der Waals surface area contributed by atoms with Gasteiger partial charge in [0.05, 0.1) is 6.42 Å². The van der Waals surface area contributed by atoms with Gasteiger partial charge in [0.15, 0.2) is 0 Å². The van der Waals surface area contributed by atoms with Crippen LogP contribution < -0.4 is 5.32 Å². The van der Waals surface area contributed by atoms with Crippen LogP contribution in [0.15, 0.2) is 41.8 Å². The Morgan fingerprint density at radius 3 is 2.88 bits per heavy atom. The molecule has 3 nitrogen and oxygen atoms in total. The summed E-state index contributed by atoms with van der Waals surface area (Å²) in [6.07, 6.45) is 2.66. The van der Waals surface area contributed by atoms with Crippen LogP contribution in [-0.2, 0) is 17.8 Å². The number of halogens is 1. The number of thiophene rings is 1. The molecular formula is C19H23FN2OS. The Hall–Kier alpha value is -1.72. The van der Waals surface area contributed by atoms with Gasteiger partial charge >= 0.3 is 0 Å². The Balaban J connectivity index is 1.42. The molecule has 24 heavy (non-hydrogen) atoms. The van der Waals surface area contributed by atoms with Crippen LogP contribution in [0.4, 0.5) is 4.39 Å². The summed E-state index contributed by atoms with van der Waals surface area (Å²) in [5.41, 5.74) is 0.844. The van der Waals surface area contributed by atoms with Crippen LogP contribution in [0, 0.1) is 11.7 Å². The minimum atomic E-state index is -0.271. The van der Waals surface area contributed by atoms with Crippen LogP contribution in [0.1, 0.15) is 23.3 Å². The van der Waals surface area contributed by atoms with Gasteiger partial charge in [0.1, 0.15) is 5.82 Å². The lowest BCUT2D eigenvalue weighted by Crippen LogP contribution is -2.40. The molecule has 0 unspecified atom stereocenters. The van der Waals surface area contributed by atoms with Crippen LogP contribution in [-0.4, -0.2) is 30.4 Å². The van der Waals surface area contributed by atoms with E-state index in [4.69, 9.17) is 0 Å². The molecule has 3 rings (SSSR count). The first-order valence-corrected chi connectivity index (χ1v) is 9.33. The molecule has 0 saturated carbocycles. The van der Waals surface area contributed by atoms with Gasteiger partial charge in [0.25, 0.3) is 0 Å². The number of hydrogen-bond donors (Lipinski definition) is 1. The summed E-state index contributed by atoms with van der Waals surface area (Å²) >= 11 is 1.80. The third-order valence-electron chi connectivity index (χ3n) is 4.43. The lowest BCUT2D eigenvalue weighted by molar-refractivity contribution is -0.120. The predicted molar refractivity (Wildman–Crippen MR) is 95.4 cm³/mol. The zero-order valence-electron chi connectivity index (χ0n) is 13.7. The molecule has 0 bridgehead atoms. The number of likely N-dealkylation sites (tertiary alicyclic amines) is 1. The van der Waals surface area contributed by atoms with Gasteiger partial charge < -0.3 is 5.32 Å². The maximum atomic E-state index is 12.9. The lowest BCUT2D eigenvalue weighted by Gasteiger charge is -2.32. The molecule has 1 aliphatic rings. The molecule has 0 spiro atoms. The van der Waals surface area contributed by atoms with Crippen molar-refractivity contribution in [1.29, 1.82) is 0 Å². The lowest BCUT2D eigenvalue weighted by atomic mass is 9.98. The molecule has 1 amide bonds. The Morgan fingerprint density at radius 1 is 1.29 bits per heavy atom. The summed E-state index contributed by atoms with van der Waals surface area (Å²) < 4.78 is 12.9. The molecule has 0 aliphatic carbocycles. The molecule has 2 aromatic rings. The van der Waals surface area contributed by atoms with Gasteiger partial charge in [-0.25, -0.2) is 4.39 Å². The van der Waals surface area contributed by atoms with Crippen molar-refractivity contribution in [2.75, 3.05) is 19.6 Å². The number of carbonyl (C=O) groups is 1. The maximum Gasteiger partial charge on any atom is 0.224 e. The van der Waals surface area contributed by atoms with Crippen molar-refractivity contribution in [3.05, 3.63) is 58.0 Å². The largest absolute Gasteiger partial charge is 0.355 e. The summed E-state index contributed by atoms with van der Waals surface area (Å²) in [6, 6.07) is 10.4. The molecule has 5 heteroatoms. The van der Waals surface area contributed by atoms with Crippen molar-refractivity contribution < 1.29 is 9.18 Å². The molecule has 1 saturated heterocycles. The van der Waals surface area contributed by atoms with Crippen LogP contribution in [0.2, 0.25) is 0 Å². The average Bonchev–Trinajstić information content (AvgIpc) is 3.08. The Bertz CT molecular complexity index is 642. The highest BCUT2D eigenvalue weighted by molar-refractivity contribution is 7.09. The fourth-order valence-electron chi connectivity index (χ4n) is 3.19. The first-order valence-electron chi connectivity index (χ1n) is 8.45. The van der Waals surface area contributed by atoms with Crippen LogP contribution in [0.5, 0.6) is 0 Å². The smallest absolute Gasteiger partial charge is 0.224 e. The normalized spacial score (nSPS) is 18.5. The standard InChI is InChI=1S/C19H23FN2OS/c20-17-7-5-15(6-8-17)11-19(23)21-12-16-3-1-9-22(13-16)14-18-4-2-10-24-18/h2,4-8,10,16H,1,3,9,11-14H2,(H,21,23)/t16-/m0/s1. The van der Waals surface area contributed by atoms with Crippen molar-refractivity contribution >= 4 is 17.2 Å². The molecule has 128 valence electrons. The molecule has 1 aromatic heterocycles. The van der Waals surface area contributed by atoms with Gasteiger partial charge in [-0.2, -0.15) is 0 Å². The van der Waals surface area contributed by atoms with Gasteiger partial charge in [-0.1, -0.05) is 18.2 Å². The second-order valence-electron chi connectivity index (χ2n) is 6.43. The van der Waals surface area contributed by atoms with Gasteiger partial charge in [0, 0.05) is 24.5 Å². The van der Waals surface area contributed by atoms with E-state index in [2.05, 4.69) is 27.7 Å². The van der Waals surface area contributed by atoms with Gasteiger partial charge in [-0.05, 0) is 54.4 Å². The van der Waals surface area contributed by atoms with Crippen molar-refractivity contribution in [3.63, 3.8) is 0 Å². The number of benzene rings is 1. The molecule has 2 heterocycles. The van der Waals surface area contributed by atoms with Crippen LogP contribution >= 0.6 is 11.3 Å². The Labute approximate surface area is 146 Å². The van der Waals surface area contributed by atoms with E-state index in [1.165, 1.54) is 23.4 Å². The molecule has 1 fully saturated rings. The monoisotopic (exact) mass is 346 g/mol. The van der Waals surface area contributed by atoms with E-state index < -0.39 is 0 Å². The highest BCUT2D eigenvalue weighted by Gasteiger charge is 2.20. The average molecular weight is 346 g/mol. The van der Waals surface area contributed by atoms with E-state index in [9.17, 15) is 9.18 Å². The topological polar surface area (TPSA) is 32.3 Å². The van der Waals surface area contributed by atoms with Crippen molar-refractivity contribution in [2.45, 2.75) is 25.8 Å². The molecule has 1 atom stereocenters. The Kier molecular flexibility index (Phi) is 5.99. The van der Waals surface area contributed by atoms with E-state index in [1.54, 1.807) is 23.5 Å². The zero-order valence-corrected chi connectivity index (χ0v) is 14.5. The van der Waals surface area contributed by atoms with E-state index in [1.807, 2.05) is 0 Å². The third-order valence-corrected chi connectivity index (χ3v) is 5.29. The quantitative estimate of drug-likeness (QED) is 0.869. The number of hydrogen-bond acceptors (Lipinski definition) is 3. The summed E-state index contributed by atoms with van der Waals surface area (Å²) in [6.45, 7) is 3.91. The minimum absolute atomic E-state index is 0.0111. The first-order chi connectivity index (χ1) is 11.7. The fourth-order valence-corrected chi connectivity index (χ4v) is 3.94. The number of amides is 1. The Morgan fingerprint density at radius 2 is 2.12 bits per heavy atom. The fraction of sp³-hybridized carbons (Fsp3) is 0.421. The van der Waals surface area contributed by atoms with E-state index in [0.29, 0.717) is 12.3 Å². The molecule has 1 N–H and O–H groups in total. The maximum absolute atomic E-state index is 12.9. The van der Waals surface area contributed by atoms with Crippen molar-refractivity contribution in [2.24, 2.45) is 5.92 Å². The van der Waals surface area contributed by atoms with Gasteiger partial charge in [0.2, 0.25) is 5.91 Å².